The number of aromatic nitrogens is 1. The zero-order valence-electron chi connectivity index (χ0n) is 13.9. The van der Waals surface area contributed by atoms with Crippen molar-refractivity contribution >= 4 is 22.7 Å². The average molecular weight is 349 g/mol. The van der Waals surface area contributed by atoms with E-state index in [9.17, 15) is 14.0 Å². The lowest BCUT2D eigenvalue weighted by Crippen LogP contribution is -2.50. The number of para-hydroxylation sites is 1. The van der Waals surface area contributed by atoms with Gasteiger partial charge in [0, 0.05) is 24.0 Å². The van der Waals surface area contributed by atoms with Gasteiger partial charge in [-0.2, -0.15) is 0 Å². The number of amides is 2. The van der Waals surface area contributed by atoms with E-state index in [0.717, 1.165) is 10.9 Å². The molecule has 6 heteroatoms. The van der Waals surface area contributed by atoms with Crippen LogP contribution in [0.1, 0.15) is 10.4 Å². The molecule has 2 aromatic carbocycles. The maximum absolute atomic E-state index is 13.2. The molecule has 2 amide bonds. The number of carbonyl (C=O) groups excluding carboxylic acids is 2. The molecule has 0 aliphatic carbocycles. The van der Waals surface area contributed by atoms with Crippen molar-refractivity contribution in [3.8, 4) is 11.3 Å². The largest absolute Gasteiger partial charge is 0.353 e. The number of carbonyl (C=O) groups is 2. The highest BCUT2D eigenvalue weighted by Crippen LogP contribution is 2.26. The molecule has 1 saturated heterocycles. The van der Waals surface area contributed by atoms with Gasteiger partial charge in [-0.1, -0.05) is 18.2 Å². The van der Waals surface area contributed by atoms with Gasteiger partial charge in [-0.3, -0.25) is 9.59 Å². The van der Waals surface area contributed by atoms with Crippen LogP contribution in [0.25, 0.3) is 22.2 Å². The van der Waals surface area contributed by atoms with Gasteiger partial charge in [0.05, 0.1) is 23.3 Å². The maximum Gasteiger partial charge on any atom is 0.255 e. The summed E-state index contributed by atoms with van der Waals surface area (Å²) in [5.74, 6) is -0.700. The summed E-state index contributed by atoms with van der Waals surface area (Å²) in [7, 11) is 0. The van der Waals surface area contributed by atoms with Crippen LogP contribution < -0.4 is 5.32 Å². The van der Waals surface area contributed by atoms with Crippen LogP contribution in [0, 0.1) is 5.82 Å². The van der Waals surface area contributed by atoms with Gasteiger partial charge in [0.1, 0.15) is 5.82 Å². The first-order valence-electron chi connectivity index (χ1n) is 8.33. The van der Waals surface area contributed by atoms with Gasteiger partial charge in [-0.05, 0) is 36.4 Å². The van der Waals surface area contributed by atoms with Crippen LogP contribution in [0.3, 0.4) is 0 Å². The average Bonchev–Trinajstić information content (AvgIpc) is 2.67. The van der Waals surface area contributed by atoms with Crippen molar-refractivity contribution in [2.45, 2.75) is 0 Å². The Morgan fingerprint density at radius 1 is 1.12 bits per heavy atom. The second-order valence-corrected chi connectivity index (χ2v) is 6.16. The molecule has 130 valence electrons. The van der Waals surface area contributed by atoms with Gasteiger partial charge in [-0.15, -0.1) is 0 Å². The molecule has 1 aromatic heterocycles. The first-order chi connectivity index (χ1) is 12.6. The molecule has 0 atom stereocenters. The Labute approximate surface area is 149 Å². The lowest BCUT2D eigenvalue weighted by atomic mass is 10.0. The Hall–Kier alpha value is -3.28. The number of pyridine rings is 1. The number of hydrogen-bond donors (Lipinski definition) is 1. The van der Waals surface area contributed by atoms with Gasteiger partial charge >= 0.3 is 0 Å². The Balaban J connectivity index is 1.83. The minimum Gasteiger partial charge on any atom is -0.353 e. The third kappa shape index (κ3) is 3.01. The second kappa shape index (κ2) is 6.55. The van der Waals surface area contributed by atoms with Gasteiger partial charge < -0.3 is 10.2 Å². The normalized spacial score (nSPS) is 14.3. The molecular weight excluding hydrogens is 333 g/mol. The Morgan fingerprint density at radius 2 is 1.88 bits per heavy atom. The topological polar surface area (TPSA) is 62.3 Å². The molecule has 0 unspecified atom stereocenters. The number of rotatable bonds is 2. The quantitative estimate of drug-likeness (QED) is 0.774. The molecule has 1 aliphatic heterocycles. The molecule has 5 nitrogen and oxygen atoms in total. The summed E-state index contributed by atoms with van der Waals surface area (Å²) in [5.41, 5.74) is 2.49. The van der Waals surface area contributed by atoms with E-state index >= 15 is 0 Å². The van der Waals surface area contributed by atoms with Crippen molar-refractivity contribution in [2.24, 2.45) is 0 Å². The summed E-state index contributed by atoms with van der Waals surface area (Å²) >= 11 is 0. The Morgan fingerprint density at radius 3 is 2.65 bits per heavy atom. The molecule has 1 N–H and O–H groups in total. The van der Waals surface area contributed by atoms with Crippen molar-refractivity contribution in [3.05, 3.63) is 66.0 Å². The molecule has 4 rings (SSSR count). The van der Waals surface area contributed by atoms with E-state index in [2.05, 4.69) is 10.3 Å². The van der Waals surface area contributed by atoms with E-state index in [1.807, 2.05) is 24.3 Å². The standard InChI is InChI=1S/C20H16FN3O2/c21-14-7-5-13(6-8-14)18-11-16(15-3-1-2-4-17(15)23-18)20(26)24-10-9-22-19(25)12-24/h1-8,11H,9-10,12H2,(H,22,25). The van der Waals surface area contributed by atoms with Gasteiger partial charge in [0.15, 0.2) is 0 Å². The van der Waals surface area contributed by atoms with Gasteiger partial charge in [-0.25, -0.2) is 9.37 Å². The van der Waals surface area contributed by atoms with Crippen LogP contribution in [-0.2, 0) is 4.79 Å². The van der Waals surface area contributed by atoms with Crippen molar-refractivity contribution < 1.29 is 14.0 Å². The predicted octanol–water partition coefficient (Wildman–Crippen LogP) is 2.61. The van der Waals surface area contributed by atoms with Crippen LogP contribution in [0.4, 0.5) is 4.39 Å². The molecule has 2 heterocycles. The molecule has 26 heavy (non-hydrogen) atoms. The molecule has 1 aliphatic rings. The van der Waals surface area contributed by atoms with Crippen LogP contribution in [-0.4, -0.2) is 41.3 Å². The van der Waals surface area contributed by atoms with Crippen molar-refractivity contribution in [1.82, 2.24) is 15.2 Å². The second-order valence-electron chi connectivity index (χ2n) is 6.16. The fraction of sp³-hybridized carbons (Fsp3) is 0.150. The number of nitrogens with zero attached hydrogens (tertiary/aromatic N) is 2. The molecule has 0 radical (unpaired) electrons. The Bertz CT molecular complexity index is 1000. The van der Waals surface area contributed by atoms with Gasteiger partial charge in [0.25, 0.3) is 5.91 Å². The van der Waals surface area contributed by atoms with Gasteiger partial charge in [0.2, 0.25) is 5.91 Å². The lowest BCUT2D eigenvalue weighted by molar-refractivity contribution is -0.123. The summed E-state index contributed by atoms with van der Waals surface area (Å²) in [6.45, 7) is 0.951. The van der Waals surface area contributed by atoms with E-state index in [4.69, 9.17) is 0 Å². The summed E-state index contributed by atoms with van der Waals surface area (Å²) < 4.78 is 13.2. The molecule has 0 saturated carbocycles. The lowest BCUT2D eigenvalue weighted by Gasteiger charge is -2.27. The fourth-order valence-corrected chi connectivity index (χ4v) is 3.10. The van der Waals surface area contributed by atoms with E-state index in [1.54, 1.807) is 18.2 Å². The smallest absolute Gasteiger partial charge is 0.255 e. The van der Waals surface area contributed by atoms with Crippen LogP contribution in [0.15, 0.2) is 54.6 Å². The summed E-state index contributed by atoms with van der Waals surface area (Å²) in [4.78, 5) is 30.8. The Kier molecular flexibility index (Phi) is 4.08. The van der Waals surface area contributed by atoms with Crippen molar-refractivity contribution in [3.63, 3.8) is 0 Å². The highest BCUT2D eigenvalue weighted by Gasteiger charge is 2.24. The molecule has 0 bridgehead atoms. The molecular formula is C20H16FN3O2. The highest BCUT2D eigenvalue weighted by atomic mass is 19.1. The maximum atomic E-state index is 13.2. The number of nitrogens with one attached hydrogen (secondary N) is 1. The number of halogens is 1. The van der Waals surface area contributed by atoms with E-state index in [0.29, 0.717) is 29.9 Å². The minimum absolute atomic E-state index is 0.0430. The minimum atomic E-state index is -0.329. The summed E-state index contributed by atoms with van der Waals surface area (Å²) in [6.07, 6.45) is 0. The number of fused-ring (bicyclic) bond motifs is 1. The van der Waals surface area contributed by atoms with E-state index in [1.165, 1.54) is 17.0 Å². The van der Waals surface area contributed by atoms with E-state index < -0.39 is 0 Å². The highest BCUT2D eigenvalue weighted by molar-refractivity contribution is 6.08. The van der Waals surface area contributed by atoms with Crippen LogP contribution in [0.2, 0.25) is 0 Å². The molecule has 3 aromatic rings. The SMILES string of the molecule is O=C1CN(C(=O)c2cc(-c3ccc(F)cc3)nc3ccccc23)CCN1. The zero-order chi connectivity index (χ0) is 18.1. The summed E-state index contributed by atoms with van der Waals surface area (Å²) in [5, 5.41) is 3.45. The number of benzene rings is 2. The number of piperazine rings is 1. The third-order valence-electron chi connectivity index (χ3n) is 4.41. The molecule has 0 spiro atoms. The predicted molar refractivity (Wildman–Crippen MR) is 96.1 cm³/mol. The summed E-state index contributed by atoms with van der Waals surface area (Å²) in [6, 6.07) is 15.1. The fourth-order valence-electron chi connectivity index (χ4n) is 3.10. The first kappa shape index (κ1) is 16.2. The zero-order valence-corrected chi connectivity index (χ0v) is 13.9. The monoisotopic (exact) mass is 349 g/mol. The van der Waals surface area contributed by atoms with Crippen LogP contribution >= 0.6 is 0 Å². The number of hydrogen-bond acceptors (Lipinski definition) is 3. The van der Waals surface area contributed by atoms with E-state index in [-0.39, 0.29) is 24.2 Å². The third-order valence-corrected chi connectivity index (χ3v) is 4.41. The first-order valence-corrected chi connectivity index (χ1v) is 8.33. The van der Waals surface area contributed by atoms with Crippen LogP contribution in [0.5, 0.6) is 0 Å². The molecule has 1 fully saturated rings. The van der Waals surface area contributed by atoms with Crippen molar-refractivity contribution in [1.29, 1.82) is 0 Å². The van der Waals surface area contributed by atoms with Crippen molar-refractivity contribution in [2.75, 3.05) is 19.6 Å².